The average Bonchev–Trinajstić information content (AvgIpc) is 2.14. The first-order valence-electron chi connectivity index (χ1n) is 7.22. The summed E-state index contributed by atoms with van der Waals surface area (Å²) in [4.78, 5) is 12.3. The van der Waals surface area contributed by atoms with Crippen LogP contribution in [0.1, 0.15) is 67.2 Å². The molecule has 1 fully saturated rings. The van der Waals surface area contributed by atoms with Gasteiger partial charge >= 0.3 is 0 Å². The Balaban J connectivity index is 2.53. The molecule has 0 amide bonds. The summed E-state index contributed by atoms with van der Waals surface area (Å²) in [6.45, 7) is 13.5. The zero-order valence-corrected chi connectivity index (χ0v) is 12.5. The molecule has 1 nitrogen and oxygen atoms in total. The number of rotatable bonds is 3. The summed E-state index contributed by atoms with van der Waals surface area (Å²) >= 11 is 0. The Labute approximate surface area is 107 Å². The lowest BCUT2D eigenvalue weighted by Gasteiger charge is -2.33. The SMILES string of the molecule is CC1CC(C)CC(C(=O)CC(C)C(C)(C)C)C1. The molecule has 0 saturated heterocycles. The van der Waals surface area contributed by atoms with Gasteiger partial charge in [-0.15, -0.1) is 0 Å². The molecule has 3 atom stereocenters. The minimum Gasteiger partial charge on any atom is -0.299 e. The van der Waals surface area contributed by atoms with Crippen LogP contribution in [-0.4, -0.2) is 5.78 Å². The minimum absolute atomic E-state index is 0.252. The summed E-state index contributed by atoms with van der Waals surface area (Å²) in [5.74, 6) is 2.82. The van der Waals surface area contributed by atoms with Gasteiger partial charge in [-0.1, -0.05) is 41.5 Å². The smallest absolute Gasteiger partial charge is 0.136 e. The van der Waals surface area contributed by atoms with Crippen LogP contribution in [0.4, 0.5) is 0 Å². The predicted octanol–water partition coefficient (Wildman–Crippen LogP) is 4.70. The van der Waals surface area contributed by atoms with E-state index in [-0.39, 0.29) is 5.41 Å². The highest BCUT2D eigenvalue weighted by atomic mass is 16.1. The van der Waals surface area contributed by atoms with Gasteiger partial charge in [0.15, 0.2) is 0 Å². The van der Waals surface area contributed by atoms with Crippen molar-refractivity contribution in [2.75, 3.05) is 0 Å². The zero-order valence-electron chi connectivity index (χ0n) is 12.5. The van der Waals surface area contributed by atoms with E-state index in [0.717, 1.165) is 31.1 Å². The fourth-order valence-electron chi connectivity index (χ4n) is 2.98. The largest absolute Gasteiger partial charge is 0.299 e. The Morgan fingerprint density at radius 1 is 1.12 bits per heavy atom. The van der Waals surface area contributed by atoms with Crippen molar-refractivity contribution in [1.82, 2.24) is 0 Å². The molecule has 3 unspecified atom stereocenters. The number of hydrogen-bond donors (Lipinski definition) is 0. The van der Waals surface area contributed by atoms with Gasteiger partial charge in [-0.25, -0.2) is 0 Å². The van der Waals surface area contributed by atoms with Gasteiger partial charge in [-0.05, 0) is 42.4 Å². The number of ketones is 1. The molecule has 1 rings (SSSR count). The first kappa shape index (κ1) is 14.7. The van der Waals surface area contributed by atoms with Crippen LogP contribution in [0.25, 0.3) is 0 Å². The molecule has 0 aromatic heterocycles. The van der Waals surface area contributed by atoms with Crippen LogP contribution in [0, 0.1) is 29.1 Å². The van der Waals surface area contributed by atoms with Crippen LogP contribution in [0.15, 0.2) is 0 Å². The van der Waals surface area contributed by atoms with E-state index in [1.807, 2.05) is 0 Å². The molecule has 0 heterocycles. The van der Waals surface area contributed by atoms with Crippen molar-refractivity contribution in [2.45, 2.75) is 67.2 Å². The van der Waals surface area contributed by atoms with Gasteiger partial charge in [0.05, 0.1) is 0 Å². The minimum atomic E-state index is 0.252. The quantitative estimate of drug-likeness (QED) is 0.696. The standard InChI is InChI=1S/C16H30O/c1-11-7-12(2)9-14(8-11)15(17)10-13(3)16(4,5)6/h11-14H,7-10H2,1-6H3. The van der Waals surface area contributed by atoms with E-state index in [4.69, 9.17) is 0 Å². The Morgan fingerprint density at radius 3 is 2.00 bits per heavy atom. The average molecular weight is 238 g/mol. The summed E-state index contributed by atoms with van der Waals surface area (Å²) in [5.41, 5.74) is 0.252. The third-order valence-electron chi connectivity index (χ3n) is 4.62. The number of carbonyl (C=O) groups excluding carboxylic acids is 1. The van der Waals surface area contributed by atoms with Gasteiger partial charge < -0.3 is 0 Å². The van der Waals surface area contributed by atoms with Gasteiger partial charge in [-0.2, -0.15) is 0 Å². The topological polar surface area (TPSA) is 17.1 Å². The summed E-state index contributed by atoms with van der Waals surface area (Å²) < 4.78 is 0. The Bertz CT molecular complexity index is 251. The van der Waals surface area contributed by atoms with Gasteiger partial charge in [-0.3, -0.25) is 4.79 Å². The molecule has 1 aliphatic rings. The van der Waals surface area contributed by atoms with Crippen molar-refractivity contribution in [3.05, 3.63) is 0 Å². The van der Waals surface area contributed by atoms with E-state index in [0.29, 0.717) is 17.6 Å². The van der Waals surface area contributed by atoms with Crippen LogP contribution in [0.2, 0.25) is 0 Å². The molecule has 0 N–H and O–H groups in total. The molecule has 1 aliphatic carbocycles. The van der Waals surface area contributed by atoms with Crippen molar-refractivity contribution in [2.24, 2.45) is 29.1 Å². The monoisotopic (exact) mass is 238 g/mol. The summed E-state index contributed by atoms with van der Waals surface area (Å²) in [6, 6.07) is 0. The molecule has 0 radical (unpaired) electrons. The molecule has 100 valence electrons. The van der Waals surface area contributed by atoms with Gasteiger partial charge in [0.2, 0.25) is 0 Å². The maximum Gasteiger partial charge on any atom is 0.136 e. The third-order valence-corrected chi connectivity index (χ3v) is 4.62. The van der Waals surface area contributed by atoms with E-state index in [1.165, 1.54) is 6.42 Å². The van der Waals surface area contributed by atoms with E-state index < -0.39 is 0 Å². The fraction of sp³-hybridized carbons (Fsp3) is 0.938. The van der Waals surface area contributed by atoms with Gasteiger partial charge in [0.1, 0.15) is 5.78 Å². The van der Waals surface area contributed by atoms with Crippen molar-refractivity contribution in [3.63, 3.8) is 0 Å². The molecule has 0 aromatic carbocycles. The summed E-state index contributed by atoms with van der Waals surface area (Å²) in [7, 11) is 0. The first-order chi connectivity index (χ1) is 7.70. The number of hydrogen-bond acceptors (Lipinski definition) is 1. The highest BCUT2D eigenvalue weighted by Crippen LogP contribution is 2.36. The molecule has 1 saturated carbocycles. The van der Waals surface area contributed by atoms with Crippen molar-refractivity contribution in [1.29, 1.82) is 0 Å². The van der Waals surface area contributed by atoms with Crippen LogP contribution in [0.3, 0.4) is 0 Å². The van der Waals surface area contributed by atoms with Crippen LogP contribution in [-0.2, 0) is 4.79 Å². The van der Waals surface area contributed by atoms with Crippen molar-refractivity contribution < 1.29 is 4.79 Å². The predicted molar refractivity (Wildman–Crippen MR) is 73.9 cm³/mol. The van der Waals surface area contributed by atoms with E-state index >= 15 is 0 Å². The lowest BCUT2D eigenvalue weighted by molar-refractivity contribution is -0.126. The molecule has 1 heteroatoms. The van der Waals surface area contributed by atoms with Crippen LogP contribution in [0.5, 0.6) is 0 Å². The molecular weight excluding hydrogens is 208 g/mol. The first-order valence-corrected chi connectivity index (χ1v) is 7.22. The second kappa shape index (κ2) is 5.54. The Morgan fingerprint density at radius 2 is 1.59 bits per heavy atom. The molecule has 0 spiro atoms. The van der Waals surface area contributed by atoms with Gasteiger partial charge in [0.25, 0.3) is 0 Å². The lowest BCUT2D eigenvalue weighted by atomic mass is 9.71. The maximum atomic E-state index is 12.3. The van der Waals surface area contributed by atoms with Crippen LogP contribution < -0.4 is 0 Å². The molecule has 0 bridgehead atoms. The van der Waals surface area contributed by atoms with E-state index in [2.05, 4.69) is 41.5 Å². The van der Waals surface area contributed by atoms with Gasteiger partial charge in [0, 0.05) is 12.3 Å². The van der Waals surface area contributed by atoms with Crippen molar-refractivity contribution >= 4 is 5.78 Å². The maximum absolute atomic E-state index is 12.3. The molecule has 0 aromatic rings. The Kier molecular flexibility index (Phi) is 4.80. The number of carbonyl (C=O) groups is 1. The second-order valence-corrected chi connectivity index (χ2v) is 7.55. The highest BCUT2D eigenvalue weighted by Gasteiger charge is 2.31. The second-order valence-electron chi connectivity index (χ2n) is 7.55. The normalized spacial score (nSPS) is 32.2. The van der Waals surface area contributed by atoms with Crippen LogP contribution >= 0.6 is 0 Å². The molecular formula is C16H30O. The molecule has 0 aliphatic heterocycles. The van der Waals surface area contributed by atoms with Crippen molar-refractivity contribution in [3.8, 4) is 0 Å². The highest BCUT2D eigenvalue weighted by molar-refractivity contribution is 5.81. The van der Waals surface area contributed by atoms with E-state index in [1.54, 1.807) is 0 Å². The lowest BCUT2D eigenvalue weighted by Crippen LogP contribution is -2.29. The zero-order chi connectivity index (χ0) is 13.2. The fourth-order valence-corrected chi connectivity index (χ4v) is 2.98. The third kappa shape index (κ3) is 4.44. The number of Topliss-reactive ketones (excluding diaryl/α,β-unsaturated/α-hetero) is 1. The van der Waals surface area contributed by atoms with E-state index in [9.17, 15) is 4.79 Å². The summed E-state index contributed by atoms with van der Waals surface area (Å²) in [6.07, 6.45) is 4.33. The summed E-state index contributed by atoms with van der Waals surface area (Å²) in [5, 5.41) is 0. The Hall–Kier alpha value is -0.330. The molecule has 17 heavy (non-hydrogen) atoms.